The predicted molar refractivity (Wildman–Crippen MR) is 122 cm³/mol. The summed E-state index contributed by atoms with van der Waals surface area (Å²) in [4.78, 5) is 12.3. The molecule has 0 aliphatic rings. The van der Waals surface area contributed by atoms with Crippen LogP contribution in [-0.4, -0.2) is 40.3 Å². The number of ether oxygens (including phenoxy) is 1. The molecule has 0 atom stereocenters. The molecule has 0 aliphatic carbocycles. The van der Waals surface area contributed by atoms with Crippen LogP contribution < -0.4 is 14.4 Å². The monoisotopic (exact) mass is 472 g/mol. The molecule has 0 heterocycles. The fraction of sp³-hybridized carbons (Fsp3) is 0.381. The van der Waals surface area contributed by atoms with Gasteiger partial charge in [0.15, 0.2) is 0 Å². The summed E-state index contributed by atoms with van der Waals surface area (Å²) in [6.07, 6.45) is 1.00. The number of hydrogen-bond acceptors (Lipinski definition) is 4. The van der Waals surface area contributed by atoms with Crippen LogP contribution in [0.25, 0.3) is 0 Å². The smallest absolute Gasteiger partial charge is 0.240 e. The molecule has 0 unspecified atom stereocenters. The van der Waals surface area contributed by atoms with Crippen molar-refractivity contribution in [2.45, 2.75) is 26.2 Å². The number of hydrogen-bond donors (Lipinski definition) is 1. The van der Waals surface area contributed by atoms with Gasteiger partial charge in [-0.1, -0.05) is 56.1 Å². The van der Waals surface area contributed by atoms with E-state index in [4.69, 9.17) is 27.9 Å². The molecule has 2 rings (SSSR count). The summed E-state index contributed by atoms with van der Waals surface area (Å²) in [5, 5.41) is 3.14. The molecule has 2 aromatic rings. The summed E-state index contributed by atoms with van der Waals surface area (Å²) < 4.78 is 30.9. The van der Waals surface area contributed by atoms with E-state index in [-0.39, 0.29) is 29.3 Å². The van der Waals surface area contributed by atoms with Gasteiger partial charge in [0.05, 0.1) is 23.5 Å². The molecule has 30 heavy (non-hydrogen) atoms. The van der Waals surface area contributed by atoms with Gasteiger partial charge in [-0.15, -0.1) is 0 Å². The molecule has 0 bridgehead atoms. The number of anilines is 1. The minimum atomic E-state index is -3.74. The minimum Gasteiger partial charge on any atom is -0.492 e. The lowest BCUT2D eigenvalue weighted by atomic mass is 9.87. The lowest BCUT2D eigenvalue weighted by Crippen LogP contribution is -2.41. The van der Waals surface area contributed by atoms with Crippen LogP contribution in [0.15, 0.2) is 42.5 Å². The maximum absolute atomic E-state index is 12.3. The average Bonchev–Trinajstić information content (AvgIpc) is 2.64. The van der Waals surface area contributed by atoms with Crippen molar-refractivity contribution in [3.05, 3.63) is 58.1 Å². The zero-order valence-electron chi connectivity index (χ0n) is 17.4. The Kier molecular flexibility index (Phi) is 8.02. The van der Waals surface area contributed by atoms with Crippen LogP contribution in [0, 0.1) is 0 Å². The van der Waals surface area contributed by atoms with Crippen molar-refractivity contribution >= 4 is 44.8 Å². The number of amides is 1. The first-order chi connectivity index (χ1) is 13.9. The third-order valence-corrected chi connectivity index (χ3v) is 5.96. The average molecular weight is 473 g/mol. The van der Waals surface area contributed by atoms with E-state index in [1.54, 1.807) is 6.07 Å². The molecule has 0 fully saturated rings. The van der Waals surface area contributed by atoms with Crippen LogP contribution in [0.3, 0.4) is 0 Å². The van der Waals surface area contributed by atoms with Gasteiger partial charge in [0.1, 0.15) is 18.9 Å². The van der Waals surface area contributed by atoms with Crippen LogP contribution in [0.5, 0.6) is 5.75 Å². The van der Waals surface area contributed by atoms with E-state index < -0.39 is 22.5 Å². The van der Waals surface area contributed by atoms with Crippen molar-refractivity contribution < 1.29 is 17.9 Å². The van der Waals surface area contributed by atoms with Gasteiger partial charge < -0.3 is 10.1 Å². The molecule has 0 aromatic heterocycles. The zero-order valence-corrected chi connectivity index (χ0v) is 19.7. The van der Waals surface area contributed by atoms with Gasteiger partial charge >= 0.3 is 0 Å². The molecular weight excluding hydrogens is 447 g/mol. The first-order valence-electron chi connectivity index (χ1n) is 9.31. The van der Waals surface area contributed by atoms with Crippen LogP contribution in [-0.2, 0) is 20.2 Å². The summed E-state index contributed by atoms with van der Waals surface area (Å²) in [6, 6.07) is 12.2. The van der Waals surface area contributed by atoms with Crippen molar-refractivity contribution in [1.29, 1.82) is 0 Å². The fourth-order valence-electron chi connectivity index (χ4n) is 2.65. The molecule has 2 aromatic carbocycles. The maximum atomic E-state index is 12.3. The highest BCUT2D eigenvalue weighted by atomic mass is 35.5. The number of halogens is 2. The highest BCUT2D eigenvalue weighted by Crippen LogP contribution is 2.30. The van der Waals surface area contributed by atoms with E-state index in [0.717, 1.165) is 10.6 Å². The predicted octanol–water partition coefficient (Wildman–Crippen LogP) is 4.25. The largest absolute Gasteiger partial charge is 0.492 e. The fourth-order valence-corrected chi connectivity index (χ4v) is 3.95. The molecule has 0 spiro atoms. The molecule has 164 valence electrons. The third kappa shape index (κ3) is 7.07. The van der Waals surface area contributed by atoms with Crippen molar-refractivity contribution in [3.63, 3.8) is 0 Å². The first-order valence-corrected chi connectivity index (χ1v) is 11.9. The van der Waals surface area contributed by atoms with Crippen molar-refractivity contribution in [2.24, 2.45) is 0 Å². The Morgan fingerprint density at radius 3 is 2.30 bits per heavy atom. The molecule has 6 nitrogen and oxygen atoms in total. The normalized spacial score (nSPS) is 11.8. The van der Waals surface area contributed by atoms with Crippen LogP contribution in [0.4, 0.5) is 5.69 Å². The van der Waals surface area contributed by atoms with Gasteiger partial charge in [0.25, 0.3) is 0 Å². The Bertz CT molecular complexity index is 987. The van der Waals surface area contributed by atoms with Gasteiger partial charge in [0.2, 0.25) is 15.9 Å². The Balaban J connectivity index is 1.91. The molecule has 9 heteroatoms. The Morgan fingerprint density at radius 2 is 1.73 bits per heavy atom. The molecule has 1 amide bonds. The first kappa shape index (κ1) is 24.3. The van der Waals surface area contributed by atoms with Crippen molar-refractivity contribution in [2.75, 3.05) is 30.3 Å². The standard InChI is InChI=1S/C21H26Cl2N2O4S/c1-21(2,3)15-5-8-17(9-6-15)29-12-11-24-20(26)14-25(30(4,27)28)19-13-16(22)7-10-18(19)23/h5-10,13H,11-12,14H2,1-4H3,(H,24,26). The van der Waals surface area contributed by atoms with E-state index in [0.29, 0.717) is 10.8 Å². The summed E-state index contributed by atoms with van der Waals surface area (Å²) >= 11 is 12.0. The minimum absolute atomic E-state index is 0.0594. The number of rotatable bonds is 8. The number of carbonyl (C=O) groups is 1. The Hall–Kier alpha value is -1.96. The second kappa shape index (κ2) is 9.90. The quantitative estimate of drug-likeness (QED) is 0.582. The van der Waals surface area contributed by atoms with Crippen molar-refractivity contribution in [3.8, 4) is 5.75 Å². The lowest BCUT2D eigenvalue weighted by Gasteiger charge is -2.23. The highest BCUT2D eigenvalue weighted by Gasteiger charge is 2.23. The molecule has 1 N–H and O–H groups in total. The molecular formula is C21H26Cl2N2O4S. The zero-order chi connectivity index (χ0) is 22.5. The second-order valence-electron chi connectivity index (χ2n) is 7.84. The number of nitrogens with one attached hydrogen (secondary N) is 1. The van der Waals surface area contributed by atoms with E-state index in [2.05, 4.69) is 26.1 Å². The Labute approximate surface area is 188 Å². The van der Waals surface area contributed by atoms with E-state index in [1.165, 1.54) is 17.7 Å². The lowest BCUT2D eigenvalue weighted by molar-refractivity contribution is -0.119. The molecule has 0 saturated carbocycles. The van der Waals surface area contributed by atoms with Gasteiger partial charge in [-0.25, -0.2) is 8.42 Å². The van der Waals surface area contributed by atoms with Crippen molar-refractivity contribution in [1.82, 2.24) is 5.32 Å². The van der Waals surface area contributed by atoms with Gasteiger partial charge in [-0.05, 0) is 41.3 Å². The molecule has 0 radical (unpaired) electrons. The summed E-state index contributed by atoms with van der Waals surface area (Å²) in [6.45, 7) is 6.45. The summed E-state index contributed by atoms with van der Waals surface area (Å²) in [5.41, 5.74) is 1.41. The van der Waals surface area contributed by atoms with Gasteiger partial charge in [0, 0.05) is 5.02 Å². The van der Waals surface area contributed by atoms with E-state index in [1.807, 2.05) is 24.3 Å². The van der Waals surface area contributed by atoms with E-state index in [9.17, 15) is 13.2 Å². The highest BCUT2D eigenvalue weighted by molar-refractivity contribution is 7.92. The topological polar surface area (TPSA) is 75.7 Å². The number of nitrogens with zero attached hydrogens (tertiary/aromatic N) is 1. The SMILES string of the molecule is CC(C)(C)c1ccc(OCCNC(=O)CN(c2cc(Cl)ccc2Cl)S(C)(=O)=O)cc1. The summed E-state index contributed by atoms with van der Waals surface area (Å²) in [7, 11) is -3.74. The number of carbonyl (C=O) groups excluding carboxylic acids is 1. The number of sulfonamides is 1. The van der Waals surface area contributed by atoms with E-state index >= 15 is 0 Å². The summed E-state index contributed by atoms with van der Waals surface area (Å²) in [5.74, 6) is 0.212. The molecule has 0 aliphatic heterocycles. The van der Waals surface area contributed by atoms with Crippen LogP contribution in [0.2, 0.25) is 10.0 Å². The van der Waals surface area contributed by atoms with Gasteiger partial charge in [-0.2, -0.15) is 0 Å². The second-order valence-corrected chi connectivity index (χ2v) is 10.6. The van der Waals surface area contributed by atoms with Crippen LogP contribution >= 0.6 is 23.2 Å². The van der Waals surface area contributed by atoms with Gasteiger partial charge in [-0.3, -0.25) is 9.10 Å². The molecule has 0 saturated heterocycles. The Morgan fingerprint density at radius 1 is 1.10 bits per heavy atom. The number of benzene rings is 2. The third-order valence-electron chi connectivity index (χ3n) is 4.28. The maximum Gasteiger partial charge on any atom is 0.240 e. The van der Waals surface area contributed by atoms with Crippen LogP contribution in [0.1, 0.15) is 26.3 Å².